The lowest BCUT2D eigenvalue weighted by Crippen LogP contribution is -2.18. The van der Waals surface area contributed by atoms with Crippen LogP contribution in [0.25, 0.3) is 0 Å². The summed E-state index contributed by atoms with van der Waals surface area (Å²) in [6.45, 7) is 21.9. The Morgan fingerprint density at radius 3 is 1.46 bits per heavy atom. The van der Waals surface area contributed by atoms with E-state index >= 15 is 0 Å². The molecule has 0 fully saturated rings. The molecule has 2 rings (SSSR count). The summed E-state index contributed by atoms with van der Waals surface area (Å²) >= 11 is 0. The number of aromatic hydroxyl groups is 1. The molecule has 0 saturated heterocycles. The Balaban J connectivity index is 2.74. The summed E-state index contributed by atoms with van der Waals surface area (Å²) in [6.07, 6.45) is 0. The van der Waals surface area contributed by atoms with Crippen molar-refractivity contribution in [3.8, 4) is 5.75 Å². The van der Waals surface area contributed by atoms with E-state index in [-0.39, 0.29) is 10.8 Å². The normalized spacial score (nSPS) is 13.8. The number of benzene rings is 2. The highest BCUT2D eigenvalue weighted by Crippen LogP contribution is 2.42. The number of hydrogen-bond acceptors (Lipinski definition) is 1. The zero-order valence-electron chi connectivity index (χ0n) is 18.3. The highest BCUT2D eigenvalue weighted by atomic mass is 16.3. The lowest BCUT2D eigenvalue weighted by atomic mass is 9.76. The molecule has 1 nitrogen and oxygen atoms in total. The van der Waals surface area contributed by atoms with Crippen molar-refractivity contribution in [3.05, 3.63) is 63.2 Å². The molecule has 0 spiro atoms. The van der Waals surface area contributed by atoms with Gasteiger partial charge in [0.15, 0.2) is 0 Å². The summed E-state index contributed by atoms with van der Waals surface area (Å²) in [5, 5.41) is 11.0. The minimum absolute atomic E-state index is 0.100. The Kier molecular flexibility index (Phi) is 5.34. The monoisotopic (exact) mass is 352 g/mol. The second-order valence-electron chi connectivity index (χ2n) is 10.00. The van der Waals surface area contributed by atoms with E-state index in [0.29, 0.717) is 11.7 Å². The van der Waals surface area contributed by atoms with Gasteiger partial charge in [-0.05, 0) is 65.0 Å². The summed E-state index contributed by atoms with van der Waals surface area (Å²) in [7, 11) is 0. The molecular weight excluding hydrogens is 316 g/mol. The predicted molar refractivity (Wildman–Crippen MR) is 114 cm³/mol. The summed E-state index contributed by atoms with van der Waals surface area (Å²) in [5.41, 5.74) is 8.56. The van der Waals surface area contributed by atoms with Crippen molar-refractivity contribution in [2.45, 2.75) is 86.0 Å². The molecule has 0 aliphatic rings. The van der Waals surface area contributed by atoms with Crippen molar-refractivity contribution in [3.63, 3.8) is 0 Å². The van der Waals surface area contributed by atoms with E-state index in [9.17, 15) is 5.11 Å². The molecule has 0 bridgehead atoms. The van der Waals surface area contributed by atoms with Crippen LogP contribution in [0.5, 0.6) is 5.75 Å². The van der Waals surface area contributed by atoms with Crippen LogP contribution >= 0.6 is 0 Å². The quantitative estimate of drug-likeness (QED) is 0.613. The molecular formula is C25H36O. The Labute approximate surface area is 160 Å². The predicted octanol–water partition coefficient (Wildman–Crippen LogP) is 7.06. The van der Waals surface area contributed by atoms with Gasteiger partial charge in [-0.15, -0.1) is 0 Å². The van der Waals surface area contributed by atoms with Gasteiger partial charge >= 0.3 is 0 Å². The fourth-order valence-corrected chi connectivity index (χ4v) is 4.09. The molecule has 0 amide bonds. The molecule has 26 heavy (non-hydrogen) atoms. The van der Waals surface area contributed by atoms with Crippen LogP contribution in [0.15, 0.2) is 24.3 Å². The highest BCUT2D eigenvalue weighted by molar-refractivity contribution is 5.53. The zero-order chi connectivity index (χ0) is 20.0. The van der Waals surface area contributed by atoms with Gasteiger partial charge in [-0.3, -0.25) is 0 Å². The van der Waals surface area contributed by atoms with Crippen molar-refractivity contribution < 1.29 is 5.11 Å². The number of rotatable bonds is 2. The molecule has 0 heterocycles. The van der Waals surface area contributed by atoms with E-state index in [2.05, 4.69) is 93.5 Å². The molecule has 142 valence electrons. The first-order valence-corrected chi connectivity index (χ1v) is 9.69. The first-order valence-electron chi connectivity index (χ1n) is 9.69. The van der Waals surface area contributed by atoms with Gasteiger partial charge in [0, 0.05) is 5.92 Å². The van der Waals surface area contributed by atoms with Gasteiger partial charge in [0.1, 0.15) is 5.75 Å². The Bertz CT molecular complexity index is 755. The van der Waals surface area contributed by atoms with E-state index in [1.165, 1.54) is 27.8 Å². The van der Waals surface area contributed by atoms with E-state index in [4.69, 9.17) is 0 Å². The molecule has 0 aliphatic carbocycles. The molecule has 0 saturated carbocycles. The van der Waals surface area contributed by atoms with Crippen LogP contribution in [-0.4, -0.2) is 5.11 Å². The molecule has 0 aliphatic heterocycles. The van der Waals surface area contributed by atoms with Gasteiger partial charge in [-0.1, -0.05) is 78.3 Å². The molecule has 1 N–H and O–H groups in total. The Morgan fingerprint density at radius 1 is 0.731 bits per heavy atom. The lowest BCUT2D eigenvalue weighted by Gasteiger charge is -2.30. The molecule has 0 radical (unpaired) electrons. The van der Waals surface area contributed by atoms with Gasteiger partial charge in [0.05, 0.1) is 0 Å². The van der Waals surface area contributed by atoms with E-state index < -0.39 is 0 Å². The van der Waals surface area contributed by atoms with Crippen LogP contribution in [0.4, 0.5) is 0 Å². The van der Waals surface area contributed by atoms with Crippen LogP contribution in [0.1, 0.15) is 93.3 Å². The summed E-state index contributed by atoms with van der Waals surface area (Å²) in [5.74, 6) is 0.747. The third-order valence-corrected chi connectivity index (χ3v) is 5.42. The number of hydrogen-bond donors (Lipinski definition) is 1. The standard InChI is InChI=1S/C25H36O/c1-15-11-16(2)22(17(3)12-15)18(4)19-13-20(24(5,6)7)23(26)21(14-19)25(8,9)10/h11-14,18,26H,1-10H3. The molecule has 2 aromatic rings. The van der Waals surface area contributed by atoms with Gasteiger partial charge in [0.2, 0.25) is 0 Å². The maximum Gasteiger partial charge on any atom is 0.123 e. The van der Waals surface area contributed by atoms with Crippen LogP contribution in [-0.2, 0) is 10.8 Å². The summed E-state index contributed by atoms with van der Waals surface area (Å²) < 4.78 is 0. The minimum Gasteiger partial charge on any atom is -0.507 e. The van der Waals surface area contributed by atoms with E-state index in [1.54, 1.807) is 0 Å². The number of phenols is 1. The third-order valence-electron chi connectivity index (χ3n) is 5.42. The molecule has 1 atom stereocenters. The Morgan fingerprint density at radius 2 is 1.12 bits per heavy atom. The third kappa shape index (κ3) is 3.98. The number of aryl methyl sites for hydroxylation is 3. The topological polar surface area (TPSA) is 20.2 Å². The van der Waals surface area contributed by atoms with Crippen molar-refractivity contribution >= 4 is 0 Å². The summed E-state index contributed by atoms with van der Waals surface area (Å²) in [4.78, 5) is 0. The second-order valence-corrected chi connectivity index (χ2v) is 10.00. The summed E-state index contributed by atoms with van der Waals surface area (Å²) in [6, 6.07) is 8.98. The van der Waals surface area contributed by atoms with Gasteiger partial charge < -0.3 is 5.11 Å². The van der Waals surface area contributed by atoms with Crippen LogP contribution in [0, 0.1) is 20.8 Å². The molecule has 1 heteroatoms. The first-order chi connectivity index (χ1) is 11.7. The fourth-order valence-electron chi connectivity index (χ4n) is 4.09. The van der Waals surface area contributed by atoms with Crippen molar-refractivity contribution in [1.82, 2.24) is 0 Å². The average Bonchev–Trinajstić information content (AvgIpc) is 2.43. The van der Waals surface area contributed by atoms with Gasteiger partial charge in [-0.2, -0.15) is 0 Å². The first kappa shape index (κ1) is 20.6. The smallest absolute Gasteiger partial charge is 0.123 e. The van der Waals surface area contributed by atoms with Crippen LogP contribution < -0.4 is 0 Å². The fraction of sp³-hybridized carbons (Fsp3) is 0.520. The SMILES string of the molecule is Cc1cc(C)c(C(C)c2cc(C(C)(C)C)c(O)c(C(C)(C)C)c2)c(C)c1. The average molecular weight is 353 g/mol. The molecule has 2 aromatic carbocycles. The van der Waals surface area contributed by atoms with Gasteiger partial charge in [0.25, 0.3) is 0 Å². The maximum atomic E-state index is 11.0. The van der Waals surface area contributed by atoms with E-state index in [1.807, 2.05) is 0 Å². The minimum atomic E-state index is -0.100. The largest absolute Gasteiger partial charge is 0.507 e. The van der Waals surface area contributed by atoms with Crippen molar-refractivity contribution in [2.75, 3.05) is 0 Å². The molecule has 1 unspecified atom stereocenters. The lowest BCUT2D eigenvalue weighted by molar-refractivity contribution is 0.422. The van der Waals surface area contributed by atoms with Crippen molar-refractivity contribution in [2.24, 2.45) is 0 Å². The highest BCUT2D eigenvalue weighted by Gasteiger charge is 2.28. The van der Waals surface area contributed by atoms with Crippen molar-refractivity contribution in [1.29, 1.82) is 0 Å². The number of phenolic OH excluding ortho intramolecular Hbond substituents is 1. The Hall–Kier alpha value is -1.76. The van der Waals surface area contributed by atoms with E-state index in [0.717, 1.165) is 11.1 Å². The van der Waals surface area contributed by atoms with Crippen LogP contribution in [0.2, 0.25) is 0 Å². The molecule has 0 aromatic heterocycles. The zero-order valence-corrected chi connectivity index (χ0v) is 18.3. The second kappa shape index (κ2) is 6.76. The maximum absolute atomic E-state index is 11.0. The van der Waals surface area contributed by atoms with Crippen LogP contribution in [0.3, 0.4) is 0 Å². The van der Waals surface area contributed by atoms with Gasteiger partial charge in [-0.25, -0.2) is 0 Å².